The van der Waals surface area contributed by atoms with Gasteiger partial charge in [-0.2, -0.15) is 10.2 Å². The summed E-state index contributed by atoms with van der Waals surface area (Å²) in [4.78, 5) is 14.9. The Bertz CT molecular complexity index is 1320. The molecule has 0 bridgehead atoms. The number of hydrogen-bond donors (Lipinski definition) is 2. The lowest BCUT2D eigenvalue weighted by Crippen LogP contribution is -2.33. The Morgan fingerprint density at radius 1 is 1.11 bits per heavy atom. The van der Waals surface area contributed by atoms with Crippen LogP contribution in [0.25, 0.3) is 0 Å². The lowest BCUT2D eigenvalue weighted by atomic mass is 9.92. The van der Waals surface area contributed by atoms with Crippen LogP contribution in [-0.2, 0) is 18.4 Å². The lowest BCUT2D eigenvalue weighted by molar-refractivity contribution is 0.0950. The fraction of sp³-hybridized carbons (Fsp3) is 0.414. The predicted molar refractivity (Wildman–Crippen MR) is 147 cm³/mol. The third-order valence-corrected chi connectivity index (χ3v) is 6.99. The van der Waals surface area contributed by atoms with Crippen LogP contribution in [0.1, 0.15) is 72.2 Å². The number of H-pyrrole nitrogens is 1. The number of hydrazone groups is 1. The van der Waals surface area contributed by atoms with E-state index in [1.54, 1.807) is 33.6 Å². The number of nitrogens with zero attached hydrogens (tertiary/aromatic N) is 3. The fourth-order valence-corrected chi connectivity index (χ4v) is 4.68. The number of ether oxygens (including phenoxy) is 3. The molecule has 1 aliphatic heterocycles. The molecule has 9 heteroatoms. The smallest absolute Gasteiger partial charge is 0.291 e. The second-order valence-electron chi connectivity index (χ2n) is 10.5. The molecule has 0 radical (unpaired) electrons. The number of methoxy groups -OCH3 is 3. The molecule has 1 amide bonds. The van der Waals surface area contributed by atoms with Crippen molar-refractivity contribution in [3.8, 4) is 17.2 Å². The summed E-state index contributed by atoms with van der Waals surface area (Å²) in [5.41, 5.74) is 8.04. The zero-order chi connectivity index (χ0) is 27.4. The average molecular weight is 520 g/mol. The topological polar surface area (TPSA) is 101 Å². The second kappa shape index (κ2) is 11.3. The van der Waals surface area contributed by atoms with Crippen LogP contribution in [-0.4, -0.2) is 55.1 Å². The summed E-state index contributed by atoms with van der Waals surface area (Å²) in [6, 6.07) is 12.0. The van der Waals surface area contributed by atoms with Gasteiger partial charge in [-0.3, -0.25) is 14.8 Å². The molecule has 2 aromatic carbocycles. The highest BCUT2D eigenvalue weighted by Crippen LogP contribution is 2.39. The van der Waals surface area contributed by atoms with E-state index >= 15 is 0 Å². The van der Waals surface area contributed by atoms with Crippen molar-refractivity contribution in [1.82, 2.24) is 20.5 Å². The number of aromatic amines is 1. The van der Waals surface area contributed by atoms with Gasteiger partial charge in [0.1, 0.15) is 5.75 Å². The third-order valence-electron chi connectivity index (χ3n) is 6.99. The summed E-state index contributed by atoms with van der Waals surface area (Å²) in [7, 11) is 5.00. The summed E-state index contributed by atoms with van der Waals surface area (Å²) in [6.45, 7) is 9.98. The second-order valence-corrected chi connectivity index (χ2v) is 10.5. The Kier molecular flexibility index (Phi) is 8.06. The van der Waals surface area contributed by atoms with E-state index in [1.807, 2.05) is 18.2 Å². The number of nitrogens with one attached hydrogen (secondary N) is 2. The first-order valence-corrected chi connectivity index (χ1v) is 12.7. The molecule has 9 nitrogen and oxygen atoms in total. The largest absolute Gasteiger partial charge is 0.496 e. The molecule has 1 aliphatic rings. The number of fused-ring (bicyclic) bond motifs is 1. The van der Waals surface area contributed by atoms with Gasteiger partial charge in [0.2, 0.25) is 0 Å². The van der Waals surface area contributed by atoms with Gasteiger partial charge in [0.25, 0.3) is 5.91 Å². The Labute approximate surface area is 224 Å². The fourth-order valence-electron chi connectivity index (χ4n) is 4.68. The molecule has 2 N–H and O–H groups in total. The Morgan fingerprint density at radius 3 is 2.47 bits per heavy atom. The van der Waals surface area contributed by atoms with Crippen molar-refractivity contribution in [2.45, 2.75) is 52.1 Å². The van der Waals surface area contributed by atoms with Gasteiger partial charge in [-0.15, -0.1) is 0 Å². The van der Waals surface area contributed by atoms with Crippen molar-refractivity contribution in [2.75, 3.05) is 27.9 Å². The summed E-state index contributed by atoms with van der Waals surface area (Å²) in [5, 5.41) is 11.2. The summed E-state index contributed by atoms with van der Waals surface area (Å²) >= 11 is 0. The molecule has 0 spiro atoms. The SMILES string of the molecule is COc1ccc(C=NNC(=O)c2cc(C(C)(C)C)[nH]n2)cc1CN1CCc2cc(OC)c(OC)cc2C1C. The van der Waals surface area contributed by atoms with E-state index in [2.05, 4.69) is 65.5 Å². The first-order chi connectivity index (χ1) is 18.1. The predicted octanol–water partition coefficient (Wildman–Crippen LogP) is 4.62. The van der Waals surface area contributed by atoms with Crippen molar-refractivity contribution < 1.29 is 19.0 Å². The lowest BCUT2D eigenvalue weighted by Gasteiger charge is -2.36. The zero-order valence-electron chi connectivity index (χ0n) is 23.2. The standard InChI is InChI=1S/C29H37N5O4/c1-18-22-14-26(38-7)25(37-6)13-20(22)10-11-34(18)17-21-12-19(8-9-24(21)36-5)16-30-33-28(35)23-15-27(32-31-23)29(2,3)4/h8-9,12-16,18H,10-11,17H2,1-7H3,(H,31,32)(H,33,35). The minimum Gasteiger partial charge on any atom is -0.496 e. The molecule has 0 aliphatic carbocycles. The van der Waals surface area contributed by atoms with Crippen LogP contribution >= 0.6 is 0 Å². The maximum atomic E-state index is 12.5. The van der Waals surface area contributed by atoms with Crippen molar-refractivity contribution in [1.29, 1.82) is 0 Å². The van der Waals surface area contributed by atoms with E-state index in [-0.39, 0.29) is 17.4 Å². The van der Waals surface area contributed by atoms with Crippen LogP contribution in [0.2, 0.25) is 0 Å². The van der Waals surface area contributed by atoms with E-state index in [1.165, 1.54) is 11.1 Å². The van der Waals surface area contributed by atoms with E-state index in [0.29, 0.717) is 12.2 Å². The molecule has 38 heavy (non-hydrogen) atoms. The van der Waals surface area contributed by atoms with Gasteiger partial charge in [-0.1, -0.05) is 20.8 Å². The van der Waals surface area contributed by atoms with Gasteiger partial charge in [0.05, 0.1) is 27.5 Å². The number of carbonyl (C=O) groups is 1. The number of rotatable bonds is 8. The molecule has 3 aromatic rings. The molecule has 0 saturated carbocycles. The van der Waals surface area contributed by atoms with Crippen LogP contribution < -0.4 is 19.6 Å². The molecular formula is C29H37N5O4. The number of hydrogen-bond acceptors (Lipinski definition) is 7. The van der Waals surface area contributed by atoms with E-state index in [4.69, 9.17) is 14.2 Å². The van der Waals surface area contributed by atoms with E-state index in [0.717, 1.165) is 47.0 Å². The first kappa shape index (κ1) is 27.2. The maximum Gasteiger partial charge on any atom is 0.291 e. The molecular weight excluding hydrogens is 482 g/mol. The van der Waals surface area contributed by atoms with Gasteiger partial charge in [0, 0.05) is 35.8 Å². The van der Waals surface area contributed by atoms with Crippen LogP contribution in [0.15, 0.2) is 41.5 Å². The number of aromatic nitrogens is 2. The van der Waals surface area contributed by atoms with Crippen LogP contribution in [0, 0.1) is 0 Å². The van der Waals surface area contributed by atoms with E-state index < -0.39 is 0 Å². The van der Waals surface area contributed by atoms with Crippen molar-refractivity contribution >= 4 is 12.1 Å². The minimum atomic E-state index is -0.366. The highest BCUT2D eigenvalue weighted by molar-refractivity contribution is 5.93. The van der Waals surface area contributed by atoms with Gasteiger partial charge < -0.3 is 14.2 Å². The highest BCUT2D eigenvalue weighted by Gasteiger charge is 2.27. The Hall–Kier alpha value is -3.85. The van der Waals surface area contributed by atoms with Crippen molar-refractivity contribution in [3.63, 3.8) is 0 Å². The Balaban J connectivity index is 1.47. The molecule has 1 atom stereocenters. The first-order valence-electron chi connectivity index (χ1n) is 12.7. The summed E-state index contributed by atoms with van der Waals surface area (Å²) < 4.78 is 16.7. The zero-order valence-corrected chi connectivity index (χ0v) is 23.2. The summed E-state index contributed by atoms with van der Waals surface area (Å²) in [6.07, 6.45) is 2.55. The Morgan fingerprint density at radius 2 is 1.82 bits per heavy atom. The molecule has 1 unspecified atom stereocenters. The maximum absolute atomic E-state index is 12.5. The van der Waals surface area contributed by atoms with Crippen LogP contribution in [0.3, 0.4) is 0 Å². The monoisotopic (exact) mass is 519 g/mol. The molecule has 202 valence electrons. The van der Waals surface area contributed by atoms with Crippen LogP contribution in [0.5, 0.6) is 17.2 Å². The minimum absolute atomic E-state index is 0.124. The van der Waals surface area contributed by atoms with Gasteiger partial charge in [-0.05, 0) is 66.4 Å². The molecule has 0 fully saturated rings. The van der Waals surface area contributed by atoms with Crippen molar-refractivity contribution in [2.24, 2.45) is 5.10 Å². The number of carbonyl (C=O) groups excluding carboxylic acids is 1. The normalized spacial score (nSPS) is 15.8. The molecule has 4 rings (SSSR count). The summed E-state index contributed by atoms with van der Waals surface area (Å²) in [5.74, 6) is 1.94. The highest BCUT2D eigenvalue weighted by atomic mass is 16.5. The van der Waals surface area contributed by atoms with Crippen molar-refractivity contribution in [3.05, 3.63) is 70.0 Å². The number of amides is 1. The van der Waals surface area contributed by atoms with Gasteiger partial charge in [0.15, 0.2) is 17.2 Å². The molecule has 2 heterocycles. The third kappa shape index (κ3) is 5.83. The quantitative estimate of drug-likeness (QED) is 0.333. The van der Waals surface area contributed by atoms with Gasteiger partial charge >= 0.3 is 0 Å². The molecule has 1 aromatic heterocycles. The molecule has 0 saturated heterocycles. The average Bonchev–Trinajstić information content (AvgIpc) is 3.41. The van der Waals surface area contributed by atoms with E-state index in [9.17, 15) is 4.79 Å². The van der Waals surface area contributed by atoms with Crippen LogP contribution in [0.4, 0.5) is 0 Å². The van der Waals surface area contributed by atoms with Gasteiger partial charge in [-0.25, -0.2) is 5.43 Å². The number of benzene rings is 2.